The third kappa shape index (κ3) is 4.17. The summed E-state index contributed by atoms with van der Waals surface area (Å²) in [6.45, 7) is 12.1. The van der Waals surface area contributed by atoms with E-state index >= 15 is 0 Å². The largest absolute Gasteiger partial charge is 0.372 e. The van der Waals surface area contributed by atoms with Crippen LogP contribution in [0.25, 0.3) is 0 Å². The summed E-state index contributed by atoms with van der Waals surface area (Å²) in [5.41, 5.74) is 0.984. The standard InChI is InChI=1S/C19H33N5O/c1-19(2,3)14-5-6-15(11-14)23-7-9-24(10-8-23)17-13-21-16(12-22-17)18(25)20-4/h12,14-15,21H,5-11,13H2,1-4H3,(H,20,25)/t14-,15+/m1/s1. The van der Waals surface area contributed by atoms with E-state index in [1.807, 2.05) is 0 Å². The highest BCUT2D eigenvalue weighted by Gasteiger charge is 2.36. The summed E-state index contributed by atoms with van der Waals surface area (Å²) in [7, 11) is 1.64. The molecular weight excluding hydrogens is 314 g/mol. The maximum absolute atomic E-state index is 11.6. The van der Waals surface area contributed by atoms with Crippen LogP contribution in [0.5, 0.6) is 0 Å². The maximum atomic E-state index is 11.6. The van der Waals surface area contributed by atoms with Gasteiger partial charge in [0.2, 0.25) is 0 Å². The molecule has 1 saturated carbocycles. The van der Waals surface area contributed by atoms with Crippen molar-refractivity contribution in [1.82, 2.24) is 20.4 Å². The summed E-state index contributed by atoms with van der Waals surface area (Å²) in [5.74, 6) is 1.80. The van der Waals surface area contributed by atoms with Gasteiger partial charge in [0.15, 0.2) is 0 Å². The number of piperazine rings is 1. The van der Waals surface area contributed by atoms with E-state index in [-0.39, 0.29) is 5.91 Å². The van der Waals surface area contributed by atoms with E-state index in [4.69, 9.17) is 0 Å². The SMILES string of the molecule is CNC(=O)C1=CN=C(N2CCN([C@H]3CC[C@@H](C(C)(C)C)C3)CC2)CN1. The lowest BCUT2D eigenvalue weighted by Crippen LogP contribution is -2.53. The van der Waals surface area contributed by atoms with Gasteiger partial charge in [-0.3, -0.25) is 9.69 Å². The number of rotatable bonds is 2. The first-order chi connectivity index (χ1) is 11.9. The van der Waals surface area contributed by atoms with Gasteiger partial charge in [-0.15, -0.1) is 0 Å². The zero-order valence-electron chi connectivity index (χ0n) is 16.1. The van der Waals surface area contributed by atoms with Gasteiger partial charge in [0.05, 0.1) is 12.7 Å². The van der Waals surface area contributed by atoms with Crippen LogP contribution >= 0.6 is 0 Å². The second-order valence-electron chi connectivity index (χ2n) is 8.57. The Labute approximate surface area is 151 Å². The Morgan fingerprint density at radius 3 is 2.48 bits per heavy atom. The van der Waals surface area contributed by atoms with Crippen LogP contribution in [0.1, 0.15) is 40.0 Å². The number of carbonyl (C=O) groups excluding carboxylic acids is 1. The van der Waals surface area contributed by atoms with Crippen LogP contribution in [0.4, 0.5) is 0 Å². The second-order valence-corrected chi connectivity index (χ2v) is 8.57. The van der Waals surface area contributed by atoms with E-state index in [1.54, 1.807) is 13.2 Å². The summed E-state index contributed by atoms with van der Waals surface area (Å²) in [6, 6.07) is 0.762. The van der Waals surface area contributed by atoms with E-state index in [0.29, 0.717) is 17.7 Å². The van der Waals surface area contributed by atoms with E-state index < -0.39 is 0 Å². The number of amidine groups is 1. The Morgan fingerprint density at radius 2 is 1.96 bits per heavy atom. The molecular formula is C19H33N5O. The zero-order valence-corrected chi connectivity index (χ0v) is 16.1. The topological polar surface area (TPSA) is 60.0 Å². The molecule has 0 bridgehead atoms. The zero-order chi connectivity index (χ0) is 18.0. The highest BCUT2D eigenvalue weighted by atomic mass is 16.2. The smallest absolute Gasteiger partial charge is 0.268 e. The fraction of sp³-hybridized carbons (Fsp3) is 0.789. The molecule has 0 aromatic heterocycles. The minimum atomic E-state index is -0.109. The first-order valence-electron chi connectivity index (χ1n) is 9.60. The molecule has 2 atom stereocenters. The van der Waals surface area contributed by atoms with E-state index in [2.05, 4.69) is 46.2 Å². The Morgan fingerprint density at radius 1 is 1.24 bits per heavy atom. The summed E-state index contributed by atoms with van der Waals surface area (Å²) >= 11 is 0. The number of amides is 1. The molecule has 6 nitrogen and oxygen atoms in total. The van der Waals surface area contributed by atoms with Gasteiger partial charge in [0.1, 0.15) is 11.5 Å². The van der Waals surface area contributed by atoms with Crippen LogP contribution in [-0.4, -0.2) is 67.4 Å². The molecule has 0 spiro atoms. The van der Waals surface area contributed by atoms with Crippen LogP contribution < -0.4 is 10.6 Å². The van der Waals surface area contributed by atoms with E-state index in [9.17, 15) is 4.79 Å². The Hall–Kier alpha value is -1.56. The van der Waals surface area contributed by atoms with Crippen molar-refractivity contribution >= 4 is 11.7 Å². The normalized spacial score (nSPS) is 28.2. The van der Waals surface area contributed by atoms with Crippen molar-refractivity contribution < 1.29 is 4.79 Å². The van der Waals surface area contributed by atoms with Crippen molar-refractivity contribution in [2.75, 3.05) is 39.8 Å². The van der Waals surface area contributed by atoms with Crippen LogP contribution in [0.2, 0.25) is 0 Å². The third-order valence-electron chi connectivity index (χ3n) is 6.08. The van der Waals surface area contributed by atoms with Crippen molar-refractivity contribution in [1.29, 1.82) is 0 Å². The van der Waals surface area contributed by atoms with Gasteiger partial charge in [-0.25, -0.2) is 4.99 Å². The first-order valence-corrected chi connectivity index (χ1v) is 9.60. The first kappa shape index (κ1) is 18.2. The van der Waals surface area contributed by atoms with E-state index in [1.165, 1.54) is 19.3 Å². The molecule has 0 radical (unpaired) electrons. The quantitative estimate of drug-likeness (QED) is 0.793. The molecule has 6 heteroatoms. The van der Waals surface area contributed by atoms with Gasteiger partial charge < -0.3 is 15.5 Å². The molecule has 3 rings (SSSR count). The lowest BCUT2D eigenvalue weighted by atomic mass is 9.79. The van der Waals surface area contributed by atoms with Crippen molar-refractivity contribution in [3.63, 3.8) is 0 Å². The van der Waals surface area contributed by atoms with Gasteiger partial charge in [-0.2, -0.15) is 0 Å². The maximum Gasteiger partial charge on any atom is 0.268 e. The lowest BCUT2D eigenvalue weighted by Gasteiger charge is -2.40. The molecule has 2 heterocycles. The molecule has 0 unspecified atom stereocenters. The number of likely N-dealkylation sites (N-methyl/N-ethyl adjacent to an activating group) is 1. The van der Waals surface area contributed by atoms with Crippen molar-refractivity contribution in [3.8, 4) is 0 Å². The van der Waals surface area contributed by atoms with Gasteiger partial charge in [-0.05, 0) is 30.6 Å². The van der Waals surface area contributed by atoms with Gasteiger partial charge in [-0.1, -0.05) is 20.8 Å². The molecule has 3 aliphatic rings. The van der Waals surface area contributed by atoms with Gasteiger partial charge >= 0.3 is 0 Å². The molecule has 2 N–H and O–H groups in total. The fourth-order valence-electron chi connectivity index (χ4n) is 4.29. The molecule has 2 aliphatic heterocycles. The van der Waals surface area contributed by atoms with Crippen molar-refractivity contribution in [2.45, 2.75) is 46.1 Å². The Kier molecular flexibility index (Phi) is 5.37. The summed E-state index contributed by atoms with van der Waals surface area (Å²) in [6.07, 6.45) is 5.72. The number of nitrogens with one attached hydrogen (secondary N) is 2. The molecule has 140 valence electrons. The minimum absolute atomic E-state index is 0.109. The summed E-state index contributed by atoms with van der Waals surface area (Å²) in [5, 5.41) is 5.79. The van der Waals surface area contributed by atoms with Crippen LogP contribution in [0, 0.1) is 11.3 Å². The summed E-state index contributed by atoms with van der Waals surface area (Å²) < 4.78 is 0. The average Bonchev–Trinajstić information content (AvgIpc) is 3.12. The fourth-order valence-corrected chi connectivity index (χ4v) is 4.29. The number of nitrogens with zero attached hydrogens (tertiary/aromatic N) is 3. The lowest BCUT2D eigenvalue weighted by molar-refractivity contribution is -0.117. The van der Waals surface area contributed by atoms with Crippen molar-refractivity contribution in [2.24, 2.45) is 16.3 Å². The highest BCUT2D eigenvalue weighted by Crippen LogP contribution is 2.41. The molecule has 1 saturated heterocycles. The highest BCUT2D eigenvalue weighted by molar-refractivity contribution is 5.96. The van der Waals surface area contributed by atoms with Crippen LogP contribution in [0.15, 0.2) is 16.9 Å². The number of hydrogen-bond donors (Lipinski definition) is 2. The van der Waals surface area contributed by atoms with Crippen molar-refractivity contribution in [3.05, 3.63) is 11.9 Å². The predicted octanol–water partition coefficient (Wildman–Crippen LogP) is 1.41. The summed E-state index contributed by atoms with van der Waals surface area (Å²) in [4.78, 5) is 21.2. The molecule has 1 amide bonds. The number of carbonyl (C=O) groups is 1. The Bertz CT molecular complexity index is 555. The molecule has 1 aliphatic carbocycles. The third-order valence-corrected chi connectivity index (χ3v) is 6.08. The predicted molar refractivity (Wildman–Crippen MR) is 101 cm³/mol. The van der Waals surface area contributed by atoms with Gasteiger partial charge in [0, 0.05) is 39.3 Å². The minimum Gasteiger partial charge on any atom is -0.372 e. The van der Waals surface area contributed by atoms with E-state index in [0.717, 1.165) is 44.0 Å². The van der Waals surface area contributed by atoms with Crippen LogP contribution in [0.3, 0.4) is 0 Å². The van der Waals surface area contributed by atoms with Crippen LogP contribution in [-0.2, 0) is 4.79 Å². The number of hydrogen-bond acceptors (Lipinski definition) is 5. The Balaban J connectivity index is 1.51. The molecule has 2 fully saturated rings. The average molecular weight is 348 g/mol. The number of aliphatic imine (C=N–C) groups is 1. The second kappa shape index (κ2) is 7.36. The monoisotopic (exact) mass is 347 g/mol. The van der Waals surface area contributed by atoms with Gasteiger partial charge in [0.25, 0.3) is 5.91 Å². The molecule has 25 heavy (non-hydrogen) atoms. The molecule has 0 aromatic rings. The molecule has 0 aromatic carbocycles.